The van der Waals surface area contributed by atoms with Crippen molar-refractivity contribution in [2.75, 3.05) is 5.73 Å². The van der Waals surface area contributed by atoms with Crippen LogP contribution in [0.3, 0.4) is 0 Å². The van der Waals surface area contributed by atoms with Crippen molar-refractivity contribution in [2.24, 2.45) is 0 Å². The third-order valence-electron chi connectivity index (χ3n) is 3.69. The van der Waals surface area contributed by atoms with Gasteiger partial charge in [-0.3, -0.25) is 0 Å². The summed E-state index contributed by atoms with van der Waals surface area (Å²) in [5, 5.41) is 12.0. The Morgan fingerprint density at radius 1 is 1.14 bits per heavy atom. The van der Waals surface area contributed by atoms with Crippen molar-refractivity contribution in [3.05, 3.63) is 46.0 Å². The topological polar surface area (TPSA) is 76.2 Å². The maximum Gasteiger partial charge on any atom is 0.347 e. The number of nitrogens with zero attached hydrogens (tertiary/aromatic N) is 1. The van der Waals surface area contributed by atoms with Crippen LogP contribution >= 0.6 is 11.3 Å². The summed E-state index contributed by atoms with van der Waals surface area (Å²) in [6.07, 6.45) is 0. The molecule has 0 amide bonds. The molecule has 0 aliphatic carbocycles. The fourth-order valence-corrected chi connectivity index (χ4v) is 3.59. The number of carboxylic acid groups (broad SMARTS) is 1. The van der Waals surface area contributed by atoms with Crippen LogP contribution in [0.25, 0.3) is 21.3 Å². The van der Waals surface area contributed by atoms with E-state index in [-0.39, 0.29) is 4.88 Å². The Kier molecular flexibility index (Phi) is 3.37. The lowest BCUT2D eigenvalue weighted by atomic mass is 9.99. The number of anilines is 1. The average Bonchev–Trinajstić information content (AvgIpc) is 2.82. The fourth-order valence-electron chi connectivity index (χ4n) is 2.69. The largest absolute Gasteiger partial charge is 0.477 e. The van der Waals surface area contributed by atoms with Gasteiger partial charge in [-0.1, -0.05) is 11.6 Å². The molecule has 112 valence electrons. The summed E-state index contributed by atoms with van der Waals surface area (Å²) in [5.41, 5.74) is 10.6. The molecule has 0 aliphatic heterocycles. The van der Waals surface area contributed by atoms with Crippen LogP contribution in [0.2, 0.25) is 0 Å². The number of aromatic nitrogens is 1. The highest BCUT2D eigenvalue weighted by Crippen LogP contribution is 2.34. The van der Waals surface area contributed by atoms with E-state index in [0.29, 0.717) is 16.4 Å². The molecule has 0 spiro atoms. The molecule has 3 N–H and O–H groups in total. The first-order valence-electron chi connectivity index (χ1n) is 6.88. The lowest BCUT2D eigenvalue weighted by Gasteiger charge is -2.09. The van der Waals surface area contributed by atoms with Crippen LogP contribution in [0.1, 0.15) is 26.5 Å². The molecule has 5 heteroatoms. The van der Waals surface area contributed by atoms with Crippen molar-refractivity contribution < 1.29 is 9.90 Å². The van der Waals surface area contributed by atoms with Gasteiger partial charge in [-0.15, -0.1) is 11.3 Å². The molecule has 0 saturated heterocycles. The molecule has 1 aromatic heterocycles. The molecule has 2 aromatic carbocycles. The number of carbonyl (C=O) groups is 1. The first-order chi connectivity index (χ1) is 10.4. The lowest BCUT2D eigenvalue weighted by Crippen LogP contribution is -1.94. The summed E-state index contributed by atoms with van der Waals surface area (Å²) in [7, 11) is 0. The molecule has 0 bridgehead atoms. The van der Waals surface area contributed by atoms with Crippen LogP contribution < -0.4 is 5.73 Å². The van der Waals surface area contributed by atoms with Crippen LogP contribution in [-0.2, 0) is 0 Å². The van der Waals surface area contributed by atoms with Crippen molar-refractivity contribution in [3.8, 4) is 10.6 Å². The summed E-state index contributed by atoms with van der Waals surface area (Å²) >= 11 is 1.18. The molecule has 0 unspecified atom stereocenters. The highest BCUT2D eigenvalue weighted by molar-refractivity contribution is 7.17. The molecule has 3 aromatic rings. The van der Waals surface area contributed by atoms with E-state index in [4.69, 9.17) is 5.73 Å². The van der Waals surface area contributed by atoms with Gasteiger partial charge in [0.05, 0.1) is 5.69 Å². The number of nitrogen functional groups attached to an aromatic ring is 1. The van der Waals surface area contributed by atoms with Crippen molar-refractivity contribution in [3.63, 3.8) is 0 Å². The normalized spacial score (nSPS) is 11.0. The van der Waals surface area contributed by atoms with Crippen molar-refractivity contribution >= 4 is 33.8 Å². The summed E-state index contributed by atoms with van der Waals surface area (Å²) in [4.78, 5) is 15.8. The first-order valence-corrected chi connectivity index (χ1v) is 7.70. The van der Waals surface area contributed by atoms with E-state index < -0.39 is 5.97 Å². The third-order valence-corrected chi connectivity index (χ3v) is 4.89. The second-order valence-electron chi connectivity index (χ2n) is 5.48. The number of aromatic carboxylic acids is 1. The maximum atomic E-state index is 11.2. The number of rotatable bonds is 2. The third kappa shape index (κ3) is 2.33. The zero-order valence-electron chi connectivity index (χ0n) is 12.6. The Morgan fingerprint density at radius 3 is 2.50 bits per heavy atom. The molecule has 0 atom stereocenters. The summed E-state index contributed by atoms with van der Waals surface area (Å²) in [6, 6.07) is 8.08. The number of hydrogen-bond acceptors (Lipinski definition) is 4. The number of nitrogens with two attached hydrogens (primary N) is 1. The Balaban J connectivity index is 2.24. The van der Waals surface area contributed by atoms with E-state index in [9.17, 15) is 9.90 Å². The van der Waals surface area contributed by atoms with E-state index in [1.165, 1.54) is 16.9 Å². The van der Waals surface area contributed by atoms with Crippen LogP contribution in [0.15, 0.2) is 24.3 Å². The molecule has 0 radical (unpaired) electrons. The lowest BCUT2D eigenvalue weighted by molar-refractivity contribution is 0.0701. The molecule has 22 heavy (non-hydrogen) atoms. The smallest absolute Gasteiger partial charge is 0.347 e. The Morgan fingerprint density at radius 2 is 1.86 bits per heavy atom. The highest BCUT2D eigenvalue weighted by Gasteiger charge is 2.16. The number of hydrogen-bond donors (Lipinski definition) is 2. The van der Waals surface area contributed by atoms with E-state index in [0.717, 1.165) is 21.9 Å². The van der Waals surface area contributed by atoms with Crippen LogP contribution in [0, 0.1) is 20.8 Å². The summed E-state index contributed by atoms with van der Waals surface area (Å²) in [6.45, 7) is 5.81. The second-order valence-corrected chi connectivity index (χ2v) is 6.48. The van der Waals surface area contributed by atoms with Gasteiger partial charge in [0.1, 0.15) is 9.88 Å². The van der Waals surface area contributed by atoms with E-state index >= 15 is 0 Å². The maximum absolute atomic E-state index is 11.2. The predicted molar refractivity (Wildman–Crippen MR) is 90.6 cm³/mol. The van der Waals surface area contributed by atoms with Gasteiger partial charge in [-0.05, 0) is 49.9 Å². The quantitative estimate of drug-likeness (QED) is 0.696. The Labute approximate surface area is 132 Å². The monoisotopic (exact) mass is 312 g/mol. The standard InChI is InChI=1S/C17H16N2O2S/c1-8-4-9(2)12-6-11(7-14(18)13(12)5-8)16-19-10(3)15(22-16)17(20)21/h4-7H,18H2,1-3H3,(H,20,21). The molecule has 4 nitrogen and oxygen atoms in total. The SMILES string of the molecule is Cc1cc(C)c2cc(-c3nc(C)c(C(=O)O)s3)cc(N)c2c1. The van der Waals surface area contributed by atoms with Crippen LogP contribution in [-0.4, -0.2) is 16.1 Å². The van der Waals surface area contributed by atoms with Gasteiger partial charge in [0, 0.05) is 16.6 Å². The Hall–Kier alpha value is -2.40. The first kappa shape index (κ1) is 14.5. The van der Waals surface area contributed by atoms with Gasteiger partial charge in [-0.2, -0.15) is 0 Å². The second kappa shape index (κ2) is 5.10. The van der Waals surface area contributed by atoms with Gasteiger partial charge < -0.3 is 10.8 Å². The van der Waals surface area contributed by atoms with Gasteiger partial charge in [-0.25, -0.2) is 9.78 Å². The highest BCUT2D eigenvalue weighted by atomic mass is 32.1. The zero-order chi connectivity index (χ0) is 16.0. The summed E-state index contributed by atoms with van der Waals surface area (Å²) < 4.78 is 0. The Bertz CT molecular complexity index is 913. The minimum atomic E-state index is -0.943. The fraction of sp³-hybridized carbons (Fsp3) is 0.176. The summed E-state index contributed by atoms with van der Waals surface area (Å²) in [5.74, 6) is -0.943. The molecule has 3 rings (SSSR count). The van der Waals surface area contributed by atoms with Crippen LogP contribution in [0.5, 0.6) is 0 Å². The van der Waals surface area contributed by atoms with Gasteiger partial charge in [0.2, 0.25) is 0 Å². The van der Waals surface area contributed by atoms with Crippen LogP contribution in [0.4, 0.5) is 5.69 Å². The number of thiazole rings is 1. The average molecular weight is 312 g/mol. The number of aryl methyl sites for hydroxylation is 3. The van der Waals surface area contributed by atoms with Crippen molar-refractivity contribution in [2.45, 2.75) is 20.8 Å². The minimum Gasteiger partial charge on any atom is -0.477 e. The molecule has 0 aliphatic rings. The zero-order valence-corrected chi connectivity index (χ0v) is 13.4. The molecule has 0 saturated carbocycles. The molecule has 0 fully saturated rings. The number of benzene rings is 2. The molecular formula is C17H16N2O2S. The molecular weight excluding hydrogens is 296 g/mol. The molecule has 1 heterocycles. The van der Waals surface area contributed by atoms with E-state index in [1.807, 2.05) is 26.0 Å². The minimum absolute atomic E-state index is 0.272. The van der Waals surface area contributed by atoms with Gasteiger partial charge >= 0.3 is 5.97 Å². The van der Waals surface area contributed by atoms with Gasteiger partial charge in [0.15, 0.2) is 0 Å². The predicted octanol–water partition coefficient (Wildman–Crippen LogP) is 4.17. The van der Waals surface area contributed by atoms with Crippen molar-refractivity contribution in [1.82, 2.24) is 4.98 Å². The van der Waals surface area contributed by atoms with Crippen molar-refractivity contribution in [1.29, 1.82) is 0 Å². The van der Waals surface area contributed by atoms with Gasteiger partial charge in [0.25, 0.3) is 0 Å². The van der Waals surface area contributed by atoms with E-state index in [2.05, 4.69) is 17.1 Å². The van der Waals surface area contributed by atoms with E-state index in [1.54, 1.807) is 6.92 Å². The number of carboxylic acids is 1. The number of fused-ring (bicyclic) bond motifs is 1.